The van der Waals surface area contributed by atoms with Crippen LogP contribution in [0.15, 0.2) is 41.5 Å². The maximum Gasteiger partial charge on any atom is 0.330 e. The first kappa shape index (κ1) is 13.0. The quantitative estimate of drug-likeness (QED) is 0.877. The SMILES string of the molecule is CC(CC1CCC1)Nc1ccc(-n2cc[nH]c2=O)cc1. The van der Waals surface area contributed by atoms with E-state index in [1.165, 1.54) is 25.7 Å². The third kappa shape index (κ3) is 2.79. The van der Waals surface area contributed by atoms with Gasteiger partial charge in [0.1, 0.15) is 0 Å². The van der Waals surface area contributed by atoms with Crippen LogP contribution in [0.4, 0.5) is 5.69 Å². The highest BCUT2D eigenvalue weighted by atomic mass is 16.1. The third-order valence-electron chi connectivity index (χ3n) is 4.12. The van der Waals surface area contributed by atoms with Crippen molar-refractivity contribution in [3.63, 3.8) is 0 Å². The van der Waals surface area contributed by atoms with Gasteiger partial charge in [0, 0.05) is 24.1 Å². The summed E-state index contributed by atoms with van der Waals surface area (Å²) in [6.07, 6.45) is 8.82. The summed E-state index contributed by atoms with van der Waals surface area (Å²) in [5, 5.41) is 3.53. The molecule has 1 heterocycles. The fraction of sp³-hybridized carbons (Fsp3) is 0.438. The summed E-state index contributed by atoms with van der Waals surface area (Å²) < 4.78 is 1.60. The number of aromatic nitrogens is 2. The monoisotopic (exact) mass is 271 g/mol. The zero-order valence-electron chi connectivity index (χ0n) is 11.8. The van der Waals surface area contributed by atoms with Gasteiger partial charge >= 0.3 is 5.69 Å². The van der Waals surface area contributed by atoms with Crippen molar-refractivity contribution in [2.45, 2.75) is 38.6 Å². The molecule has 1 aromatic heterocycles. The van der Waals surface area contributed by atoms with E-state index in [0.29, 0.717) is 6.04 Å². The largest absolute Gasteiger partial charge is 0.383 e. The molecule has 0 aliphatic heterocycles. The van der Waals surface area contributed by atoms with E-state index >= 15 is 0 Å². The Morgan fingerprint density at radius 2 is 2.10 bits per heavy atom. The second-order valence-corrected chi connectivity index (χ2v) is 5.76. The number of hydrogen-bond donors (Lipinski definition) is 2. The van der Waals surface area contributed by atoms with Crippen LogP contribution in [0.1, 0.15) is 32.6 Å². The van der Waals surface area contributed by atoms with E-state index in [0.717, 1.165) is 17.3 Å². The van der Waals surface area contributed by atoms with Gasteiger partial charge in [-0.05, 0) is 43.5 Å². The van der Waals surface area contributed by atoms with Gasteiger partial charge in [-0.1, -0.05) is 19.3 Å². The molecular formula is C16H21N3O. The van der Waals surface area contributed by atoms with E-state index < -0.39 is 0 Å². The van der Waals surface area contributed by atoms with Crippen LogP contribution in [-0.4, -0.2) is 15.6 Å². The minimum absolute atomic E-state index is 0.107. The zero-order valence-corrected chi connectivity index (χ0v) is 11.8. The molecule has 1 aliphatic carbocycles. The predicted molar refractivity (Wildman–Crippen MR) is 81.4 cm³/mol. The molecule has 2 aromatic rings. The lowest BCUT2D eigenvalue weighted by atomic mass is 9.81. The van der Waals surface area contributed by atoms with Crippen LogP contribution in [0.2, 0.25) is 0 Å². The molecule has 1 atom stereocenters. The molecule has 4 nitrogen and oxygen atoms in total. The van der Waals surface area contributed by atoms with Gasteiger partial charge < -0.3 is 10.3 Å². The Bertz CT molecular complexity index is 607. The smallest absolute Gasteiger partial charge is 0.330 e. The van der Waals surface area contributed by atoms with E-state index in [1.54, 1.807) is 17.0 Å². The summed E-state index contributed by atoms with van der Waals surface area (Å²) >= 11 is 0. The zero-order chi connectivity index (χ0) is 13.9. The van der Waals surface area contributed by atoms with E-state index in [9.17, 15) is 4.79 Å². The number of anilines is 1. The Hall–Kier alpha value is -1.97. The molecule has 20 heavy (non-hydrogen) atoms. The molecule has 0 spiro atoms. The highest BCUT2D eigenvalue weighted by molar-refractivity contribution is 5.49. The van der Waals surface area contributed by atoms with Crippen LogP contribution in [0, 0.1) is 5.92 Å². The van der Waals surface area contributed by atoms with Crippen LogP contribution in [-0.2, 0) is 0 Å². The van der Waals surface area contributed by atoms with Gasteiger partial charge in [0.15, 0.2) is 0 Å². The summed E-state index contributed by atoms with van der Waals surface area (Å²) in [6, 6.07) is 8.50. The molecular weight excluding hydrogens is 250 g/mol. The van der Waals surface area contributed by atoms with Crippen LogP contribution in [0.5, 0.6) is 0 Å². The maximum absolute atomic E-state index is 11.5. The number of nitrogens with one attached hydrogen (secondary N) is 2. The first-order valence-electron chi connectivity index (χ1n) is 7.35. The fourth-order valence-corrected chi connectivity index (χ4v) is 2.81. The average Bonchev–Trinajstić information content (AvgIpc) is 2.81. The number of benzene rings is 1. The van der Waals surface area contributed by atoms with Crippen molar-refractivity contribution in [3.05, 3.63) is 47.1 Å². The molecule has 1 fully saturated rings. The van der Waals surface area contributed by atoms with Gasteiger partial charge in [-0.3, -0.25) is 4.57 Å². The molecule has 0 bridgehead atoms. The summed E-state index contributed by atoms with van der Waals surface area (Å²) in [6.45, 7) is 2.24. The first-order chi connectivity index (χ1) is 9.72. The molecule has 3 rings (SSSR count). The van der Waals surface area contributed by atoms with Crippen molar-refractivity contribution in [2.24, 2.45) is 5.92 Å². The van der Waals surface area contributed by atoms with Crippen molar-refractivity contribution in [2.75, 3.05) is 5.32 Å². The molecule has 1 aromatic carbocycles. The average molecular weight is 271 g/mol. The van der Waals surface area contributed by atoms with Crippen LogP contribution in [0.3, 0.4) is 0 Å². The van der Waals surface area contributed by atoms with E-state index in [1.807, 2.05) is 24.3 Å². The summed E-state index contributed by atoms with van der Waals surface area (Å²) in [4.78, 5) is 14.2. The van der Waals surface area contributed by atoms with Gasteiger partial charge in [-0.2, -0.15) is 0 Å². The number of H-pyrrole nitrogens is 1. The topological polar surface area (TPSA) is 49.8 Å². The van der Waals surface area contributed by atoms with E-state index in [4.69, 9.17) is 0 Å². The minimum Gasteiger partial charge on any atom is -0.383 e. The Labute approximate surface area is 118 Å². The van der Waals surface area contributed by atoms with Crippen LogP contribution < -0.4 is 11.0 Å². The maximum atomic E-state index is 11.5. The van der Waals surface area contributed by atoms with Crippen LogP contribution in [0.25, 0.3) is 5.69 Å². The predicted octanol–water partition coefficient (Wildman–Crippen LogP) is 3.16. The molecule has 0 amide bonds. The molecule has 1 saturated carbocycles. The molecule has 0 radical (unpaired) electrons. The van der Waals surface area contributed by atoms with E-state index in [2.05, 4.69) is 17.2 Å². The van der Waals surface area contributed by atoms with Crippen molar-refractivity contribution >= 4 is 5.69 Å². The number of nitrogens with zero attached hydrogens (tertiary/aromatic N) is 1. The van der Waals surface area contributed by atoms with E-state index in [-0.39, 0.29) is 5.69 Å². The number of aromatic amines is 1. The molecule has 1 unspecified atom stereocenters. The highest BCUT2D eigenvalue weighted by Gasteiger charge is 2.19. The Morgan fingerprint density at radius 1 is 1.35 bits per heavy atom. The van der Waals surface area contributed by atoms with Crippen molar-refractivity contribution < 1.29 is 0 Å². The molecule has 1 aliphatic rings. The first-order valence-corrected chi connectivity index (χ1v) is 7.35. The van der Waals surface area contributed by atoms with Gasteiger partial charge in [-0.15, -0.1) is 0 Å². The second kappa shape index (κ2) is 5.57. The Morgan fingerprint density at radius 3 is 2.65 bits per heavy atom. The number of hydrogen-bond acceptors (Lipinski definition) is 2. The number of rotatable bonds is 5. The van der Waals surface area contributed by atoms with Crippen LogP contribution >= 0.6 is 0 Å². The van der Waals surface area contributed by atoms with Crippen molar-refractivity contribution in [1.29, 1.82) is 0 Å². The number of imidazole rings is 1. The Balaban J connectivity index is 1.64. The fourth-order valence-electron chi connectivity index (χ4n) is 2.81. The summed E-state index contributed by atoms with van der Waals surface area (Å²) in [5.74, 6) is 0.912. The van der Waals surface area contributed by atoms with Gasteiger partial charge in [0.05, 0.1) is 5.69 Å². The molecule has 4 heteroatoms. The minimum atomic E-state index is -0.107. The van der Waals surface area contributed by atoms with Gasteiger partial charge in [-0.25, -0.2) is 4.79 Å². The normalized spacial score (nSPS) is 16.6. The second-order valence-electron chi connectivity index (χ2n) is 5.76. The summed E-state index contributed by atoms with van der Waals surface area (Å²) in [7, 11) is 0. The molecule has 2 N–H and O–H groups in total. The van der Waals surface area contributed by atoms with Crippen molar-refractivity contribution in [1.82, 2.24) is 9.55 Å². The molecule has 0 saturated heterocycles. The standard InChI is InChI=1S/C16H21N3O/c1-12(11-13-3-2-4-13)18-14-5-7-15(8-6-14)19-10-9-17-16(19)20/h5-10,12-13,18H,2-4,11H2,1H3,(H,17,20). The lowest BCUT2D eigenvalue weighted by molar-refractivity contribution is 0.286. The lowest BCUT2D eigenvalue weighted by Gasteiger charge is -2.28. The Kier molecular flexibility index (Phi) is 3.63. The summed E-state index contributed by atoms with van der Waals surface area (Å²) in [5.41, 5.74) is 1.89. The van der Waals surface area contributed by atoms with Gasteiger partial charge in [0.25, 0.3) is 0 Å². The lowest BCUT2D eigenvalue weighted by Crippen LogP contribution is -2.23. The van der Waals surface area contributed by atoms with Crippen molar-refractivity contribution in [3.8, 4) is 5.69 Å². The highest BCUT2D eigenvalue weighted by Crippen LogP contribution is 2.31. The van der Waals surface area contributed by atoms with Gasteiger partial charge in [0.2, 0.25) is 0 Å². The third-order valence-corrected chi connectivity index (χ3v) is 4.12. The molecule has 106 valence electrons.